The Labute approximate surface area is 202 Å². The standard InChI is InChI=1S/C28H35IN2/c1-8-9-12-17-27(5,29)26(30(7)19(2)3)25-24-22-14-11-10-13-21(22)23-16-15-20(4)18-31(23)28(24,25)6/h8-19,23-24H,1-7H3/b9-8-,17-12-,26-25+. The maximum Gasteiger partial charge on any atom is 0.0773 e. The zero-order valence-corrected chi connectivity index (χ0v) is 22.0. The van der Waals surface area contributed by atoms with Gasteiger partial charge in [0.25, 0.3) is 0 Å². The molecule has 2 aliphatic heterocycles. The highest BCUT2D eigenvalue weighted by Gasteiger charge is 2.67. The van der Waals surface area contributed by atoms with Crippen LogP contribution in [0.2, 0.25) is 0 Å². The topological polar surface area (TPSA) is 6.48 Å². The maximum atomic E-state index is 2.64. The normalized spacial score (nSPS) is 30.1. The van der Waals surface area contributed by atoms with Crippen molar-refractivity contribution >= 4 is 22.6 Å². The molecule has 0 spiro atoms. The highest BCUT2D eigenvalue weighted by molar-refractivity contribution is 14.1. The first-order valence-corrected chi connectivity index (χ1v) is 12.4. The van der Waals surface area contributed by atoms with Crippen molar-refractivity contribution in [2.45, 2.75) is 68.5 Å². The fraction of sp³-hybridized carbons (Fsp3) is 0.429. The van der Waals surface area contributed by atoms with E-state index in [0.717, 1.165) is 0 Å². The first-order chi connectivity index (χ1) is 14.6. The molecule has 164 valence electrons. The van der Waals surface area contributed by atoms with E-state index in [1.54, 1.807) is 5.57 Å². The lowest BCUT2D eigenvalue weighted by molar-refractivity contribution is 0.214. The van der Waals surface area contributed by atoms with E-state index in [9.17, 15) is 0 Å². The van der Waals surface area contributed by atoms with Crippen LogP contribution in [-0.4, -0.2) is 31.8 Å². The van der Waals surface area contributed by atoms with Gasteiger partial charge in [0.1, 0.15) is 0 Å². The SMILES string of the molecule is C/C=C\C=C/C(C)(I)/C(=C1/C2c3ccccc3C3C=CC(C)=CN3C12C)N(C)C(C)C. The van der Waals surface area contributed by atoms with Gasteiger partial charge in [-0.3, -0.25) is 0 Å². The van der Waals surface area contributed by atoms with E-state index >= 15 is 0 Å². The molecule has 1 saturated carbocycles. The Bertz CT molecular complexity index is 1020. The predicted octanol–water partition coefficient (Wildman–Crippen LogP) is 7.29. The van der Waals surface area contributed by atoms with Gasteiger partial charge in [-0.15, -0.1) is 0 Å². The average Bonchev–Trinajstić information content (AvgIpc) is 3.34. The van der Waals surface area contributed by atoms with Gasteiger partial charge in [0.05, 0.1) is 15.0 Å². The van der Waals surface area contributed by atoms with Crippen LogP contribution in [0.5, 0.6) is 0 Å². The molecule has 4 atom stereocenters. The van der Waals surface area contributed by atoms with E-state index < -0.39 is 0 Å². The summed E-state index contributed by atoms with van der Waals surface area (Å²) in [5.41, 5.74) is 7.30. The molecule has 4 unspecified atom stereocenters. The van der Waals surface area contributed by atoms with Crippen LogP contribution in [0.1, 0.15) is 64.6 Å². The summed E-state index contributed by atoms with van der Waals surface area (Å²) in [4.78, 5) is 5.13. The quantitative estimate of drug-likeness (QED) is 0.226. The Morgan fingerprint density at radius 2 is 1.90 bits per heavy atom. The van der Waals surface area contributed by atoms with Crippen molar-refractivity contribution in [3.8, 4) is 0 Å². The van der Waals surface area contributed by atoms with E-state index in [2.05, 4.69) is 148 Å². The monoisotopic (exact) mass is 526 g/mol. The Balaban J connectivity index is 1.96. The zero-order chi connectivity index (χ0) is 22.6. The number of benzene rings is 1. The molecule has 0 bridgehead atoms. The van der Waals surface area contributed by atoms with Crippen molar-refractivity contribution in [2.75, 3.05) is 7.05 Å². The molecule has 31 heavy (non-hydrogen) atoms. The van der Waals surface area contributed by atoms with E-state index in [4.69, 9.17) is 0 Å². The lowest BCUT2D eigenvalue weighted by Crippen LogP contribution is -2.41. The highest BCUT2D eigenvalue weighted by atomic mass is 127. The number of fused-ring (bicyclic) bond motifs is 6. The smallest absolute Gasteiger partial charge is 0.0773 e. The van der Waals surface area contributed by atoms with Crippen LogP contribution in [0.25, 0.3) is 0 Å². The minimum Gasteiger partial charge on any atom is -0.374 e. The van der Waals surface area contributed by atoms with Gasteiger partial charge in [-0.2, -0.15) is 0 Å². The molecule has 1 aromatic rings. The number of nitrogens with zero attached hydrogens (tertiary/aromatic N) is 2. The van der Waals surface area contributed by atoms with Crippen LogP contribution in [0.3, 0.4) is 0 Å². The van der Waals surface area contributed by atoms with Crippen molar-refractivity contribution in [2.24, 2.45) is 0 Å². The van der Waals surface area contributed by atoms with Gasteiger partial charge in [0.2, 0.25) is 0 Å². The summed E-state index contributed by atoms with van der Waals surface area (Å²) in [6.07, 6.45) is 15.8. The second-order valence-corrected chi connectivity index (χ2v) is 12.0. The van der Waals surface area contributed by atoms with Gasteiger partial charge in [-0.25, -0.2) is 0 Å². The molecule has 4 rings (SSSR count). The largest absolute Gasteiger partial charge is 0.374 e. The third kappa shape index (κ3) is 3.53. The van der Waals surface area contributed by atoms with E-state index in [1.165, 1.54) is 22.4 Å². The summed E-state index contributed by atoms with van der Waals surface area (Å²) >= 11 is 2.64. The summed E-state index contributed by atoms with van der Waals surface area (Å²) in [6, 6.07) is 9.82. The molecule has 2 heterocycles. The van der Waals surface area contributed by atoms with Gasteiger partial charge in [-0.1, -0.05) is 83.3 Å². The second kappa shape index (κ2) is 7.99. The van der Waals surface area contributed by atoms with Crippen LogP contribution in [-0.2, 0) is 0 Å². The molecular weight excluding hydrogens is 491 g/mol. The molecule has 3 aliphatic rings. The maximum absolute atomic E-state index is 2.64. The Morgan fingerprint density at radius 1 is 1.23 bits per heavy atom. The molecule has 0 aromatic heterocycles. The van der Waals surface area contributed by atoms with Gasteiger partial charge < -0.3 is 9.80 Å². The molecular formula is C28H35IN2. The Kier molecular flexibility index (Phi) is 5.78. The first-order valence-electron chi connectivity index (χ1n) is 11.4. The zero-order valence-electron chi connectivity index (χ0n) is 19.9. The average molecular weight is 527 g/mol. The molecule has 3 heteroatoms. The third-order valence-electron chi connectivity index (χ3n) is 7.22. The molecule has 1 aromatic carbocycles. The summed E-state index contributed by atoms with van der Waals surface area (Å²) in [6.45, 7) is 13.7. The summed E-state index contributed by atoms with van der Waals surface area (Å²) in [5, 5.41) is 0. The highest BCUT2D eigenvalue weighted by Crippen LogP contribution is 2.69. The van der Waals surface area contributed by atoms with Crippen LogP contribution in [0.4, 0.5) is 0 Å². The van der Waals surface area contributed by atoms with Gasteiger partial charge in [0.15, 0.2) is 0 Å². The molecule has 1 aliphatic carbocycles. The number of halogens is 1. The Hall–Kier alpha value is -1.75. The van der Waals surface area contributed by atoms with Crippen LogP contribution >= 0.6 is 22.6 Å². The minimum absolute atomic E-state index is 0.00436. The number of hydrogen-bond donors (Lipinski definition) is 0. The third-order valence-corrected chi connectivity index (χ3v) is 8.09. The van der Waals surface area contributed by atoms with Gasteiger partial charge >= 0.3 is 0 Å². The molecule has 1 fully saturated rings. The molecule has 0 radical (unpaired) electrons. The van der Waals surface area contributed by atoms with Gasteiger partial charge in [0, 0.05) is 30.9 Å². The summed E-state index contributed by atoms with van der Waals surface area (Å²) in [5.74, 6) is 0.427. The number of hydrogen-bond acceptors (Lipinski definition) is 2. The van der Waals surface area contributed by atoms with Gasteiger partial charge in [-0.05, 0) is 63.8 Å². The van der Waals surface area contributed by atoms with E-state index in [0.29, 0.717) is 18.0 Å². The lowest BCUT2D eigenvalue weighted by Gasteiger charge is -2.42. The predicted molar refractivity (Wildman–Crippen MR) is 141 cm³/mol. The van der Waals surface area contributed by atoms with Crippen molar-refractivity contribution in [1.82, 2.24) is 9.80 Å². The molecule has 2 nitrogen and oxygen atoms in total. The van der Waals surface area contributed by atoms with Crippen molar-refractivity contribution in [3.05, 3.63) is 94.9 Å². The van der Waals surface area contributed by atoms with Crippen molar-refractivity contribution in [1.29, 1.82) is 0 Å². The van der Waals surface area contributed by atoms with E-state index in [1.807, 2.05) is 0 Å². The van der Waals surface area contributed by atoms with Crippen LogP contribution < -0.4 is 0 Å². The van der Waals surface area contributed by atoms with Crippen LogP contribution in [0, 0.1) is 0 Å². The minimum atomic E-state index is -0.0964. The fourth-order valence-electron chi connectivity index (χ4n) is 5.43. The number of alkyl halides is 1. The van der Waals surface area contributed by atoms with Crippen molar-refractivity contribution < 1.29 is 0 Å². The molecule has 0 amide bonds. The molecule has 0 N–H and O–H groups in total. The van der Waals surface area contributed by atoms with E-state index in [-0.39, 0.29) is 8.96 Å². The lowest BCUT2D eigenvalue weighted by atomic mass is 9.87. The summed E-state index contributed by atoms with van der Waals surface area (Å²) < 4.78 is -0.0964. The Morgan fingerprint density at radius 3 is 2.55 bits per heavy atom. The number of allylic oxidation sites excluding steroid dienone is 6. The fourth-order valence-corrected chi connectivity index (χ4v) is 6.31. The first kappa shape index (κ1) is 22.4. The van der Waals surface area contributed by atoms with Crippen LogP contribution in [0.15, 0.2) is 83.8 Å². The second-order valence-electron chi connectivity index (χ2n) is 9.72. The summed E-state index contributed by atoms with van der Waals surface area (Å²) in [7, 11) is 2.27. The number of rotatable bonds is 5. The van der Waals surface area contributed by atoms with Crippen molar-refractivity contribution in [3.63, 3.8) is 0 Å². The molecule has 0 saturated heterocycles.